The molecule has 1 aliphatic heterocycles. The zero-order chi connectivity index (χ0) is 28.0. The van der Waals surface area contributed by atoms with Crippen LogP contribution in [-0.4, -0.2) is 51.5 Å². The SMILES string of the molecule is CCCCC[C@H](CCCO)OC(=O)[C@]12O[C@@]1(C/C=C(\C)CCc1ccnc(N)c1)C(=O)c1ccccc1C2=O. The molecule has 0 saturated carbocycles. The second-order valence-electron chi connectivity index (χ2n) is 10.5. The van der Waals surface area contributed by atoms with Crippen LogP contribution in [0.5, 0.6) is 0 Å². The molecule has 1 aromatic carbocycles. The minimum atomic E-state index is -1.99. The number of Topliss-reactive ketones (excluding diaryl/α,β-unsaturated/α-hetero) is 2. The van der Waals surface area contributed by atoms with Crippen LogP contribution in [0, 0.1) is 0 Å². The number of epoxide rings is 1. The molecule has 1 saturated heterocycles. The summed E-state index contributed by atoms with van der Waals surface area (Å²) in [6.07, 6.45) is 9.05. The molecule has 39 heavy (non-hydrogen) atoms. The van der Waals surface area contributed by atoms with Gasteiger partial charge in [0.25, 0.3) is 5.60 Å². The van der Waals surface area contributed by atoms with Crippen molar-refractivity contribution in [3.63, 3.8) is 0 Å². The van der Waals surface area contributed by atoms with Gasteiger partial charge in [-0.25, -0.2) is 9.78 Å². The maximum Gasteiger partial charge on any atom is 0.350 e. The second-order valence-corrected chi connectivity index (χ2v) is 10.5. The minimum absolute atomic E-state index is 0.0195. The van der Waals surface area contributed by atoms with Gasteiger partial charge in [0, 0.05) is 30.4 Å². The number of fused-ring (bicyclic) bond motifs is 2. The zero-order valence-electron chi connectivity index (χ0n) is 22.8. The van der Waals surface area contributed by atoms with Crippen LogP contribution >= 0.6 is 0 Å². The van der Waals surface area contributed by atoms with Crippen LogP contribution in [0.1, 0.15) is 91.5 Å². The molecule has 0 amide bonds. The number of aryl methyl sites for hydroxylation is 1. The van der Waals surface area contributed by atoms with Crippen molar-refractivity contribution in [2.75, 3.05) is 12.3 Å². The van der Waals surface area contributed by atoms with Gasteiger partial charge in [0.15, 0.2) is 11.4 Å². The summed E-state index contributed by atoms with van der Waals surface area (Å²) in [4.78, 5) is 45.2. The Balaban J connectivity index is 1.58. The first-order valence-electron chi connectivity index (χ1n) is 13.9. The summed E-state index contributed by atoms with van der Waals surface area (Å²) in [5.74, 6) is -1.26. The van der Waals surface area contributed by atoms with E-state index in [-0.39, 0.29) is 29.9 Å². The third kappa shape index (κ3) is 5.68. The highest BCUT2D eigenvalue weighted by Gasteiger charge is 2.85. The van der Waals surface area contributed by atoms with Gasteiger partial charge in [0.1, 0.15) is 11.9 Å². The van der Waals surface area contributed by atoms with Crippen molar-refractivity contribution in [3.05, 3.63) is 70.9 Å². The summed E-state index contributed by atoms with van der Waals surface area (Å²) in [7, 11) is 0. The molecule has 2 aliphatic rings. The van der Waals surface area contributed by atoms with Crippen molar-refractivity contribution in [2.24, 2.45) is 0 Å². The van der Waals surface area contributed by atoms with E-state index in [1.807, 2.05) is 25.1 Å². The van der Waals surface area contributed by atoms with E-state index in [0.29, 0.717) is 31.5 Å². The molecule has 1 fully saturated rings. The number of benzene rings is 1. The van der Waals surface area contributed by atoms with Crippen molar-refractivity contribution in [1.29, 1.82) is 0 Å². The molecule has 0 spiro atoms. The number of unbranched alkanes of at least 4 members (excludes halogenated alkanes) is 2. The van der Waals surface area contributed by atoms with Gasteiger partial charge in [-0.05, 0) is 63.1 Å². The fourth-order valence-corrected chi connectivity index (χ4v) is 5.38. The molecule has 208 valence electrons. The molecule has 1 aromatic heterocycles. The fraction of sp³-hybridized carbons (Fsp3) is 0.484. The quantitative estimate of drug-likeness (QED) is 0.116. The Kier molecular flexibility index (Phi) is 8.97. The van der Waals surface area contributed by atoms with Gasteiger partial charge in [-0.15, -0.1) is 0 Å². The van der Waals surface area contributed by atoms with E-state index in [1.165, 1.54) is 0 Å². The number of nitrogens with two attached hydrogens (primary N) is 1. The molecule has 4 rings (SSSR count). The number of anilines is 1. The lowest BCUT2D eigenvalue weighted by atomic mass is 9.72. The number of rotatable bonds is 14. The molecule has 2 heterocycles. The Morgan fingerprint density at radius 3 is 2.54 bits per heavy atom. The van der Waals surface area contributed by atoms with E-state index in [1.54, 1.807) is 30.5 Å². The lowest BCUT2D eigenvalue weighted by Crippen LogP contribution is -2.51. The zero-order valence-corrected chi connectivity index (χ0v) is 22.8. The van der Waals surface area contributed by atoms with Crippen molar-refractivity contribution in [2.45, 2.75) is 88.9 Å². The first kappa shape index (κ1) is 28.6. The number of allylic oxidation sites excluding steroid dienone is 1. The van der Waals surface area contributed by atoms with Gasteiger partial charge in [-0.1, -0.05) is 55.7 Å². The number of pyridine rings is 1. The standard InChI is InChI=1S/C31H38N2O6/c1-3-4-5-9-23(10-8-19-34)38-29(37)31-28(36)25-12-7-6-11-24(25)27(35)30(31,39-31)17-15-21(2)13-14-22-16-18-33-26(32)20-22/h6-7,11-12,15-16,18,20,23,34H,3-5,8-10,13-14,17,19H2,1-2H3,(H2,32,33)/b21-15+/t23-,30+,31+/m1/s1. The molecule has 0 radical (unpaired) electrons. The van der Waals surface area contributed by atoms with E-state index in [0.717, 1.165) is 36.8 Å². The average Bonchev–Trinajstić information content (AvgIpc) is 3.65. The van der Waals surface area contributed by atoms with Crippen LogP contribution in [0.3, 0.4) is 0 Å². The maximum absolute atomic E-state index is 13.8. The predicted molar refractivity (Wildman–Crippen MR) is 147 cm³/mol. The lowest BCUT2D eigenvalue weighted by molar-refractivity contribution is -0.154. The Labute approximate surface area is 229 Å². The molecule has 8 nitrogen and oxygen atoms in total. The number of hydrogen-bond acceptors (Lipinski definition) is 8. The summed E-state index contributed by atoms with van der Waals surface area (Å²) < 4.78 is 11.9. The average molecular weight is 535 g/mol. The minimum Gasteiger partial charge on any atom is -0.460 e. The number of aliphatic hydroxyl groups excluding tert-OH is 1. The number of aromatic nitrogens is 1. The number of ether oxygens (including phenoxy) is 2. The van der Waals surface area contributed by atoms with Gasteiger partial charge in [-0.2, -0.15) is 0 Å². The predicted octanol–water partition coefficient (Wildman–Crippen LogP) is 4.78. The second kappa shape index (κ2) is 12.2. The van der Waals surface area contributed by atoms with E-state index < -0.39 is 29.1 Å². The van der Waals surface area contributed by atoms with E-state index in [2.05, 4.69) is 11.9 Å². The number of hydrogen-bond donors (Lipinski definition) is 2. The first-order valence-corrected chi connectivity index (χ1v) is 13.9. The molecule has 3 N–H and O–H groups in total. The number of esters is 1. The van der Waals surface area contributed by atoms with Gasteiger partial charge >= 0.3 is 5.97 Å². The fourth-order valence-electron chi connectivity index (χ4n) is 5.38. The number of carbonyl (C=O) groups is 3. The van der Waals surface area contributed by atoms with Crippen molar-refractivity contribution >= 4 is 23.4 Å². The highest BCUT2D eigenvalue weighted by atomic mass is 16.7. The smallest absolute Gasteiger partial charge is 0.350 e. The molecular formula is C31H38N2O6. The summed E-state index contributed by atoms with van der Waals surface area (Å²) in [6.45, 7) is 4.02. The number of aliphatic hydroxyl groups is 1. The van der Waals surface area contributed by atoms with Crippen molar-refractivity contribution in [3.8, 4) is 0 Å². The normalized spacial score (nSPS) is 22.7. The largest absolute Gasteiger partial charge is 0.460 e. The van der Waals surface area contributed by atoms with E-state index >= 15 is 0 Å². The van der Waals surface area contributed by atoms with Crippen LogP contribution in [0.25, 0.3) is 0 Å². The third-order valence-corrected chi connectivity index (χ3v) is 7.72. The highest BCUT2D eigenvalue weighted by molar-refractivity contribution is 6.32. The number of nitrogens with zero attached hydrogens (tertiary/aromatic N) is 1. The summed E-state index contributed by atoms with van der Waals surface area (Å²) >= 11 is 0. The molecule has 8 heteroatoms. The first-order chi connectivity index (χ1) is 18.8. The van der Waals surface area contributed by atoms with Gasteiger partial charge in [0.05, 0.1) is 0 Å². The Morgan fingerprint density at radius 1 is 1.13 bits per heavy atom. The summed E-state index contributed by atoms with van der Waals surface area (Å²) in [5, 5.41) is 9.33. The summed E-state index contributed by atoms with van der Waals surface area (Å²) in [5.41, 5.74) is 4.66. The number of ketones is 2. The highest BCUT2D eigenvalue weighted by Crippen LogP contribution is 2.58. The van der Waals surface area contributed by atoms with Crippen LogP contribution in [0.2, 0.25) is 0 Å². The topological polar surface area (TPSA) is 132 Å². The summed E-state index contributed by atoms with van der Waals surface area (Å²) in [6, 6.07) is 10.3. The van der Waals surface area contributed by atoms with Crippen LogP contribution in [-0.2, 0) is 20.7 Å². The molecule has 0 unspecified atom stereocenters. The van der Waals surface area contributed by atoms with Crippen molar-refractivity contribution in [1.82, 2.24) is 4.98 Å². The van der Waals surface area contributed by atoms with E-state index in [4.69, 9.17) is 15.2 Å². The van der Waals surface area contributed by atoms with Gasteiger partial charge < -0.3 is 20.3 Å². The Hall–Kier alpha value is -3.36. The lowest BCUT2D eigenvalue weighted by Gasteiger charge is -2.25. The maximum atomic E-state index is 13.8. The van der Waals surface area contributed by atoms with Crippen LogP contribution < -0.4 is 5.73 Å². The van der Waals surface area contributed by atoms with E-state index in [9.17, 15) is 19.5 Å². The van der Waals surface area contributed by atoms with Gasteiger partial charge in [0.2, 0.25) is 5.78 Å². The molecular weight excluding hydrogens is 496 g/mol. The number of carbonyl (C=O) groups excluding carboxylic acids is 3. The monoisotopic (exact) mass is 534 g/mol. The molecule has 2 aromatic rings. The molecule has 3 atom stereocenters. The van der Waals surface area contributed by atoms with Crippen LogP contribution in [0.15, 0.2) is 54.2 Å². The molecule has 0 bridgehead atoms. The third-order valence-electron chi connectivity index (χ3n) is 7.72. The number of nitrogen functional groups attached to an aromatic ring is 1. The Morgan fingerprint density at radius 2 is 1.85 bits per heavy atom. The van der Waals surface area contributed by atoms with Crippen molar-refractivity contribution < 1.29 is 29.0 Å². The van der Waals surface area contributed by atoms with Crippen LogP contribution in [0.4, 0.5) is 5.82 Å². The molecule has 1 aliphatic carbocycles. The Bertz CT molecular complexity index is 1260. The van der Waals surface area contributed by atoms with Gasteiger partial charge in [-0.3, -0.25) is 9.59 Å².